The lowest BCUT2D eigenvalue weighted by atomic mass is 10.1. The molecule has 0 aliphatic carbocycles. The normalized spacial score (nSPS) is 11.4. The van der Waals surface area contributed by atoms with E-state index in [0.29, 0.717) is 23.8 Å². The molecule has 0 fully saturated rings. The number of carbonyl (C=O) groups excluding carboxylic acids is 2. The first-order chi connectivity index (χ1) is 14.9. The SMILES string of the molecule is CCCNC(=O)[C@H](C)N(Cc1cccc(Br)c1)C(=O)COc1cc(OC)cc(OC)c1. The van der Waals surface area contributed by atoms with E-state index in [4.69, 9.17) is 14.2 Å². The summed E-state index contributed by atoms with van der Waals surface area (Å²) in [5.41, 5.74) is 0.904. The molecular weight excluding hydrogens is 464 g/mol. The van der Waals surface area contributed by atoms with Crippen molar-refractivity contribution in [2.75, 3.05) is 27.4 Å². The molecule has 0 unspecified atom stereocenters. The quantitative estimate of drug-likeness (QED) is 0.516. The highest BCUT2D eigenvalue weighted by atomic mass is 79.9. The fourth-order valence-electron chi connectivity index (χ4n) is 2.90. The number of benzene rings is 2. The second-order valence-electron chi connectivity index (χ2n) is 6.96. The van der Waals surface area contributed by atoms with Crippen molar-refractivity contribution in [1.29, 1.82) is 0 Å². The second-order valence-corrected chi connectivity index (χ2v) is 7.87. The highest BCUT2D eigenvalue weighted by molar-refractivity contribution is 9.10. The number of amides is 2. The summed E-state index contributed by atoms with van der Waals surface area (Å²) in [5, 5.41) is 2.85. The van der Waals surface area contributed by atoms with Gasteiger partial charge in [0.1, 0.15) is 23.3 Å². The van der Waals surface area contributed by atoms with Gasteiger partial charge in [-0.05, 0) is 31.0 Å². The highest BCUT2D eigenvalue weighted by Gasteiger charge is 2.26. The first kappa shape index (κ1) is 24.5. The Morgan fingerprint density at radius 2 is 1.71 bits per heavy atom. The summed E-state index contributed by atoms with van der Waals surface area (Å²) in [6, 6.07) is 12.0. The number of carbonyl (C=O) groups is 2. The molecule has 2 rings (SSSR count). The van der Waals surface area contributed by atoms with Crippen LogP contribution in [-0.2, 0) is 16.1 Å². The molecule has 0 heterocycles. The molecular formula is C23H29BrN2O5. The summed E-state index contributed by atoms with van der Waals surface area (Å²) in [6.45, 7) is 4.31. The minimum absolute atomic E-state index is 0.201. The van der Waals surface area contributed by atoms with Crippen molar-refractivity contribution >= 4 is 27.7 Å². The lowest BCUT2D eigenvalue weighted by Crippen LogP contribution is -2.49. The van der Waals surface area contributed by atoms with Gasteiger partial charge in [-0.15, -0.1) is 0 Å². The zero-order valence-corrected chi connectivity index (χ0v) is 19.9. The van der Waals surface area contributed by atoms with E-state index in [1.807, 2.05) is 31.2 Å². The van der Waals surface area contributed by atoms with Gasteiger partial charge in [-0.1, -0.05) is 35.0 Å². The topological polar surface area (TPSA) is 77.1 Å². The van der Waals surface area contributed by atoms with Crippen LogP contribution in [-0.4, -0.2) is 50.1 Å². The van der Waals surface area contributed by atoms with Crippen LogP contribution in [0.15, 0.2) is 46.9 Å². The van der Waals surface area contributed by atoms with Gasteiger partial charge in [0, 0.05) is 35.8 Å². The third-order valence-corrected chi connectivity index (χ3v) is 5.14. The summed E-state index contributed by atoms with van der Waals surface area (Å²) in [5.74, 6) is 1.05. The van der Waals surface area contributed by atoms with E-state index >= 15 is 0 Å². The average molecular weight is 493 g/mol. The van der Waals surface area contributed by atoms with E-state index in [-0.39, 0.29) is 25.0 Å². The third kappa shape index (κ3) is 7.47. The van der Waals surface area contributed by atoms with E-state index < -0.39 is 6.04 Å². The Balaban J connectivity index is 2.17. The van der Waals surface area contributed by atoms with Crippen LogP contribution < -0.4 is 19.5 Å². The number of nitrogens with zero attached hydrogens (tertiary/aromatic N) is 1. The van der Waals surface area contributed by atoms with Crippen LogP contribution in [0.25, 0.3) is 0 Å². The molecule has 2 aromatic rings. The van der Waals surface area contributed by atoms with Crippen LogP contribution in [0.1, 0.15) is 25.8 Å². The zero-order chi connectivity index (χ0) is 22.8. The van der Waals surface area contributed by atoms with Crippen LogP contribution in [0.5, 0.6) is 17.2 Å². The Bertz CT molecular complexity index is 868. The van der Waals surface area contributed by atoms with Crippen molar-refractivity contribution in [3.8, 4) is 17.2 Å². The first-order valence-corrected chi connectivity index (χ1v) is 10.8. The van der Waals surface area contributed by atoms with E-state index in [0.717, 1.165) is 16.5 Å². The molecule has 0 spiro atoms. The molecule has 0 aromatic heterocycles. The Morgan fingerprint density at radius 1 is 1.06 bits per heavy atom. The molecule has 8 heteroatoms. The number of methoxy groups -OCH3 is 2. The molecule has 0 saturated heterocycles. The fourth-order valence-corrected chi connectivity index (χ4v) is 3.35. The predicted octanol–water partition coefficient (Wildman–Crippen LogP) is 3.79. The van der Waals surface area contributed by atoms with Gasteiger partial charge in [0.25, 0.3) is 5.91 Å². The van der Waals surface area contributed by atoms with Gasteiger partial charge in [0.05, 0.1) is 14.2 Å². The molecule has 0 aliphatic heterocycles. The first-order valence-electron chi connectivity index (χ1n) is 10.1. The van der Waals surface area contributed by atoms with Crippen molar-refractivity contribution in [3.05, 3.63) is 52.5 Å². The maximum absolute atomic E-state index is 13.1. The molecule has 0 aliphatic rings. The number of hydrogen-bond donors (Lipinski definition) is 1. The second kappa shape index (κ2) is 12.2. The molecule has 0 radical (unpaired) electrons. The van der Waals surface area contributed by atoms with Gasteiger partial charge in [-0.2, -0.15) is 0 Å². The largest absolute Gasteiger partial charge is 0.496 e. The van der Waals surface area contributed by atoms with Gasteiger partial charge < -0.3 is 24.4 Å². The summed E-state index contributed by atoms with van der Waals surface area (Å²) < 4.78 is 17.1. The highest BCUT2D eigenvalue weighted by Crippen LogP contribution is 2.27. The molecule has 2 amide bonds. The lowest BCUT2D eigenvalue weighted by Gasteiger charge is -2.28. The van der Waals surface area contributed by atoms with Gasteiger partial charge in [0.2, 0.25) is 5.91 Å². The lowest BCUT2D eigenvalue weighted by molar-refractivity contribution is -0.142. The standard InChI is InChI=1S/C23H29BrN2O5/c1-5-9-25-23(28)16(2)26(14-17-7-6-8-18(24)10-17)22(27)15-31-21-12-19(29-3)11-20(13-21)30-4/h6-8,10-13,16H,5,9,14-15H2,1-4H3,(H,25,28)/t16-/m0/s1. The van der Waals surface area contributed by atoms with Crippen molar-refractivity contribution in [3.63, 3.8) is 0 Å². The van der Waals surface area contributed by atoms with E-state index in [1.165, 1.54) is 4.90 Å². The van der Waals surface area contributed by atoms with Gasteiger partial charge in [-0.3, -0.25) is 9.59 Å². The van der Waals surface area contributed by atoms with E-state index in [2.05, 4.69) is 21.2 Å². The van der Waals surface area contributed by atoms with Crippen LogP contribution in [0, 0.1) is 0 Å². The molecule has 1 N–H and O–H groups in total. The minimum Gasteiger partial charge on any atom is -0.496 e. The van der Waals surface area contributed by atoms with Gasteiger partial charge >= 0.3 is 0 Å². The predicted molar refractivity (Wildman–Crippen MR) is 122 cm³/mol. The van der Waals surface area contributed by atoms with Crippen LogP contribution >= 0.6 is 15.9 Å². The molecule has 2 aromatic carbocycles. The molecule has 0 bridgehead atoms. The maximum atomic E-state index is 13.1. The van der Waals surface area contributed by atoms with Gasteiger partial charge in [0.15, 0.2) is 6.61 Å². The summed E-state index contributed by atoms with van der Waals surface area (Å²) >= 11 is 3.45. The number of ether oxygens (including phenoxy) is 3. The Labute approximate surface area is 191 Å². The maximum Gasteiger partial charge on any atom is 0.261 e. The summed E-state index contributed by atoms with van der Waals surface area (Å²) in [7, 11) is 3.08. The van der Waals surface area contributed by atoms with E-state index in [9.17, 15) is 9.59 Å². The van der Waals surface area contributed by atoms with Crippen LogP contribution in [0.4, 0.5) is 0 Å². The molecule has 7 nitrogen and oxygen atoms in total. The number of nitrogens with one attached hydrogen (secondary N) is 1. The van der Waals surface area contributed by atoms with Crippen LogP contribution in [0.3, 0.4) is 0 Å². The number of halogens is 1. The number of rotatable bonds is 11. The Morgan fingerprint density at radius 3 is 2.29 bits per heavy atom. The van der Waals surface area contributed by atoms with Crippen molar-refractivity contribution in [2.45, 2.75) is 32.9 Å². The van der Waals surface area contributed by atoms with Crippen molar-refractivity contribution < 1.29 is 23.8 Å². The third-order valence-electron chi connectivity index (χ3n) is 4.65. The summed E-state index contributed by atoms with van der Waals surface area (Å²) in [6.07, 6.45) is 0.818. The van der Waals surface area contributed by atoms with Crippen molar-refractivity contribution in [2.24, 2.45) is 0 Å². The van der Waals surface area contributed by atoms with E-state index in [1.54, 1.807) is 39.3 Å². The van der Waals surface area contributed by atoms with Gasteiger partial charge in [-0.25, -0.2) is 0 Å². The van der Waals surface area contributed by atoms with Crippen LogP contribution in [0.2, 0.25) is 0 Å². The molecule has 31 heavy (non-hydrogen) atoms. The molecule has 168 valence electrons. The monoisotopic (exact) mass is 492 g/mol. The minimum atomic E-state index is -0.651. The average Bonchev–Trinajstić information content (AvgIpc) is 2.78. The fraction of sp³-hybridized carbons (Fsp3) is 0.391. The molecule has 0 saturated carbocycles. The zero-order valence-electron chi connectivity index (χ0n) is 18.3. The smallest absolute Gasteiger partial charge is 0.261 e. The van der Waals surface area contributed by atoms with Crippen molar-refractivity contribution in [1.82, 2.24) is 10.2 Å². The Hall–Kier alpha value is -2.74. The number of hydrogen-bond acceptors (Lipinski definition) is 5. The molecule has 1 atom stereocenters. The Kier molecular flexibility index (Phi) is 9.65. The summed E-state index contributed by atoms with van der Waals surface area (Å²) in [4.78, 5) is 27.2.